The molecule has 0 saturated carbocycles. The number of nitrogens with one attached hydrogen (secondary N) is 1. The van der Waals surface area contributed by atoms with E-state index in [1.54, 1.807) is 0 Å². The highest BCUT2D eigenvalue weighted by Gasteiger charge is 2.17. The summed E-state index contributed by atoms with van der Waals surface area (Å²) in [4.78, 5) is 4.27. The van der Waals surface area contributed by atoms with Crippen LogP contribution in [0.4, 0.5) is 0 Å². The molecule has 1 aromatic rings. The Hall–Kier alpha value is 0.0700. The Morgan fingerprint density at radius 2 is 2.31 bits per heavy atom. The first-order valence-corrected chi connectivity index (χ1v) is 5.87. The van der Waals surface area contributed by atoms with Gasteiger partial charge in [0, 0.05) is 12.7 Å². The lowest BCUT2D eigenvalue weighted by molar-refractivity contribution is 0.757. The largest absolute Gasteiger partial charge is 0.316 e. The maximum absolute atomic E-state index is 4.27. The maximum Gasteiger partial charge on any atom is 0.120 e. The van der Waals surface area contributed by atoms with Gasteiger partial charge in [0.2, 0.25) is 0 Å². The van der Waals surface area contributed by atoms with Crippen molar-refractivity contribution in [2.75, 3.05) is 13.1 Å². The van der Waals surface area contributed by atoms with E-state index in [1.807, 2.05) is 6.20 Å². The van der Waals surface area contributed by atoms with Crippen LogP contribution in [0.1, 0.15) is 17.9 Å². The summed E-state index contributed by atoms with van der Waals surface area (Å²) >= 11 is 6.83. The fraction of sp³-hybridized carbons (Fsp3) is 0.444. The average molecular weight is 306 g/mol. The standard InChI is InChI=1S/C9H10Br2N2/c10-8-3-7(5-13-9(8)11)6-1-2-12-4-6/h3,5-6,12H,1-2,4H2. The summed E-state index contributed by atoms with van der Waals surface area (Å²) in [5.41, 5.74) is 1.32. The third-order valence-electron chi connectivity index (χ3n) is 2.35. The number of rotatable bonds is 1. The Balaban J connectivity index is 2.25. The van der Waals surface area contributed by atoms with E-state index < -0.39 is 0 Å². The van der Waals surface area contributed by atoms with Crippen LogP contribution in [0.15, 0.2) is 21.3 Å². The zero-order valence-corrected chi connectivity index (χ0v) is 10.2. The van der Waals surface area contributed by atoms with Crippen LogP contribution in [-0.4, -0.2) is 18.1 Å². The van der Waals surface area contributed by atoms with Crippen molar-refractivity contribution in [2.45, 2.75) is 12.3 Å². The molecule has 2 nitrogen and oxygen atoms in total. The van der Waals surface area contributed by atoms with Crippen molar-refractivity contribution in [3.05, 3.63) is 26.9 Å². The van der Waals surface area contributed by atoms with Crippen LogP contribution in [0.3, 0.4) is 0 Å². The third kappa shape index (κ3) is 2.11. The van der Waals surface area contributed by atoms with Gasteiger partial charge in [-0.3, -0.25) is 0 Å². The molecule has 1 aliphatic heterocycles. The van der Waals surface area contributed by atoms with Gasteiger partial charge in [-0.25, -0.2) is 4.98 Å². The molecule has 1 fully saturated rings. The predicted octanol–water partition coefficient (Wildman–Crippen LogP) is 2.68. The second-order valence-electron chi connectivity index (χ2n) is 3.23. The monoisotopic (exact) mass is 304 g/mol. The van der Waals surface area contributed by atoms with Crippen LogP contribution in [0.2, 0.25) is 0 Å². The van der Waals surface area contributed by atoms with Crippen molar-refractivity contribution >= 4 is 31.9 Å². The van der Waals surface area contributed by atoms with Gasteiger partial charge in [-0.05, 0) is 62.4 Å². The van der Waals surface area contributed by atoms with Gasteiger partial charge >= 0.3 is 0 Å². The SMILES string of the molecule is Brc1cc(C2CCNC2)cnc1Br. The normalized spacial score (nSPS) is 22.2. The van der Waals surface area contributed by atoms with E-state index in [9.17, 15) is 0 Å². The molecule has 2 rings (SSSR count). The minimum atomic E-state index is 0.636. The molecule has 1 aliphatic rings. The quantitative estimate of drug-likeness (QED) is 0.807. The Bertz CT molecular complexity index is 308. The second kappa shape index (κ2) is 4.07. The summed E-state index contributed by atoms with van der Waals surface area (Å²) in [6.07, 6.45) is 3.17. The number of halogens is 2. The zero-order chi connectivity index (χ0) is 9.26. The molecule has 1 aromatic heterocycles. The van der Waals surface area contributed by atoms with E-state index >= 15 is 0 Å². The van der Waals surface area contributed by atoms with Crippen molar-refractivity contribution in [3.8, 4) is 0 Å². The molecule has 1 N–H and O–H groups in total. The number of aromatic nitrogens is 1. The van der Waals surface area contributed by atoms with Crippen LogP contribution in [-0.2, 0) is 0 Å². The van der Waals surface area contributed by atoms with Crippen molar-refractivity contribution < 1.29 is 0 Å². The van der Waals surface area contributed by atoms with Crippen molar-refractivity contribution in [1.29, 1.82) is 0 Å². The Kier molecular flexibility index (Phi) is 3.01. The molecule has 0 radical (unpaired) electrons. The predicted molar refractivity (Wildman–Crippen MR) is 59.9 cm³/mol. The topological polar surface area (TPSA) is 24.9 Å². The Morgan fingerprint density at radius 1 is 1.46 bits per heavy atom. The minimum absolute atomic E-state index is 0.636. The lowest BCUT2D eigenvalue weighted by Gasteiger charge is -2.08. The number of hydrogen-bond donors (Lipinski definition) is 1. The molecular weight excluding hydrogens is 296 g/mol. The smallest absolute Gasteiger partial charge is 0.120 e. The first-order chi connectivity index (χ1) is 6.27. The zero-order valence-electron chi connectivity index (χ0n) is 7.06. The highest BCUT2D eigenvalue weighted by atomic mass is 79.9. The summed E-state index contributed by atoms with van der Waals surface area (Å²) in [5, 5.41) is 3.35. The Morgan fingerprint density at radius 3 is 2.92 bits per heavy atom. The molecule has 0 amide bonds. The fourth-order valence-electron chi connectivity index (χ4n) is 1.60. The van der Waals surface area contributed by atoms with Crippen LogP contribution in [0.5, 0.6) is 0 Å². The van der Waals surface area contributed by atoms with Crippen LogP contribution in [0, 0.1) is 0 Å². The lowest BCUT2D eigenvalue weighted by Crippen LogP contribution is -2.08. The van der Waals surface area contributed by atoms with E-state index in [4.69, 9.17) is 0 Å². The molecule has 0 aromatic carbocycles. The molecule has 0 aliphatic carbocycles. The molecule has 70 valence electrons. The van der Waals surface area contributed by atoms with E-state index in [0.29, 0.717) is 5.92 Å². The van der Waals surface area contributed by atoms with Gasteiger partial charge in [0.05, 0.1) is 4.47 Å². The third-order valence-corrected chi connectivity index (χ3v) is 4.12. The molecule has 4 heteroatoms. The Labute approximate surface area is 94.4 Å². The van der Waals surface area contributed by atoms with Gasteiger partial charge in [0.25, 0.3) is 0 Å². The van der Waals surface area contributed by atoms with Crippen LogP contribution in [0.25, 0.3) is 0 Å². The maximum atomic E-state index is 4.27. The van der Waals surface area contributed by atoms with Crippen LogP contribution < -0.4 is 5.32 Å². The second-order valence-corrected chi connectivity index (χ2v) is 4.84. The fourth-order valence-corrected chi connectivity index (χ4v) is 2.18. The molecule has 0 bridgehead atoms. The number of hydrogen-bond acceptors (Lipinski definition) is 2. The van der Waals surface area contributed by atoms with Gasteiger partial charge in [0.15, 0.2) is 0 Å². The molecule has 2 heterocycles. The van der Waals surface area contributed by atoms with E-state index in [0.717, 1.165) is 22.2 Å². The summed E-state index contributed by atoms with van der Waals surface area (Å²) in [6, 6.07) is 2.15. The summed E-state index contributed by atoms with van der Waals surface area (Å²) < 4.78 is 1.92. The highest BCUT2D eigenvalue weighted by molar-refractivity contribution is 9.13. The number of pyridine rings is 1. The van der Waals surface area contributed by atoms with Gasteiger partial charge in [0.1, 0.15) is 4.60 Å². The molecule has 1 unspecified atom stereocenters. The molecule has 13 heavy (non-hydrogen) atoms. The van der Waals surface area contributed by atoms with E-state index in [-0.39, 0.29) is 0 Å². The molecule has 1 saturated heterocycles. The minimum Gasteiger partial charge on any atom is -0.316 e. The van der Waals surface area contributed by atoms with Gasteiger partial charge < -0.3 is 5.32 Å². The average Bonchev–Trinajstić information content (AvgIpc) is 2.62. The van der Waals surface area contributed by atoms with Crippen LogP contribution >= 0.6 is 31.9 Å². The molecule has 0 spiro atoms. The van der Waals surface area contributed by atoms with Gasteiger partial charge in [-0.1, -0.05) is 0 Å². The summed E-state index contributed by atoms with van der Waals surface area (Å²) in [6.45, 7) is 2.20. The molecule has 1 atom stereocenters. The van der Waals surface area contributed by atoms with Crippen molar-refractivity contribution in [2.24, 2.45) is 0 Å². The highest BCUT2D eigenvalue weighted by Crippen LogP contribution is 2.27. The number of nitrogens with zero attached hydrogens (tertiary/aromatic N) is 1. The summed E-state index contributed by atoms with van der Waals surface area (Å²) in [5.74, 6) is 0.636. The first-order valence-electron chi connectivity index (χ1n) is 4.29. The summed E-state index contributed by atoms with van der Waals surface area (Å²) in [7, 11) is 0. The molecular formula is C9H10Br2N2. The van der Waals surface area contributed by atoms with E-state index in [2.05, 4.69) is 48.2 Å². The van der Waals surface area contributed by atoms with Crippen molar-refractivity contribution in [1.82, 2.24) is 10.3 Å². The van der Waals surface area contributed by atoms with E-state index in [1.165, 1.54) is 12.0 Å². The van der Waals surface area contributed by atoms with Gasteiger partial charge in [-0.15, -0.1) is 0 Å². The first kappa shape index (κ1) is 9.62. The van der Waals surface area contributed by atoms with Gasteiger partial charge in [-0.2, -0.15) is 0 Å². The van der Waals surface area contributed by atoms with Crippen molar-refractivity contribution in [3.63, 3.8) is 0 Å². The lowest BCUT2D eigenvalue weighted by atomic mass is 10.0.